The van der Waals surface area contributed by atoms with E-state index in [0.717, 1.165) is 28.0 Å². The maximum absolute atomic E-state index is 5.83. The lowest BCUT2D eigenvalue weighted by Gasteiger charge is -2.07. The van der Waals surface area contributed by atoms with Crippen LogP contribution in [-0.2, 0) is 0 Å². The molecule has 1 aromatic carbocycles. The Morgan fingerprint density at radius 3 is 2.60 bits per heavy atom. The third-order valence-electron chi connectivity index (χ3n) is 2.21. The highest BCUT2D eigenvalue weighted by molar-refractivity contribution is 5.94. The minimum Gasteiger partial charge on any atom is -1.00 e. The summed E-state index contributed by atoms with van der Waals surface area (Å²) in [5.74, 6) is 0.762. The van der Waals surface area contributed by atoms with Crippen molar-refractivity contribution in [1.82, 2.24) is 4.98 Å². The second kappa shape index (κ2) is 4.36. The Kier molecular flexibility index (Phi) is 3.37. The first-order valence-electron chi connectivity index (χ1n) is 4.42. The molecule has 2 rings (SSSR count). The molecule has 0 amide bonds. The number of fused-ring (bicyclic) bond motifs is 1. The molecular formula is C11H12ClN2O-. The quantitative estimate of drug-likeness (QED) is 0.640. The number of nitrogens with zero attached hydrogens (tertiary/aromatic N) is 1. The van der Waals surface area contributed by atoms with Gasteiger partial charge in [0.25, 0.3) is 0 Å². The van der Waals surface area contributed by atoms with Gasteiger partial charge in [0.05, 0.1) is 7.11 Å². The van der Waals surface area contributed by atoms with E-state index in [1.165, 1.54) is 0 Å². The molecule has 0 saturated carbocycles. The van der Waals surface area contributed by atoms with Gasteiger partial charge in [-0.1, -0.05) is 0 Å². The average molecular weight is 224 g/mol. The number of aryl methyl sites for hydroxylation is 1. The summed E-state index contributed by atoms with van der Waals surface area (Å²) in [7, 11) is 1.63. The second-order valence-corrected chi connectivity index (χ2v) is 3.21. The van der Waals surface area contributed by atoms with Crippen LogP contribution in [0.5, 0.6) is 5.75 Å². The number of hydrogen-bond donors (Lipinski definition) is 1. The fraction of sp³-hybridized carbons (Fsp3) is 0.182. The lowest BCUT2D eigenvalue weighted by molar-refractivity contribution is -0.00000327. The predicted molar refractivity (Wildman–Crippen MR) is 57.4 cm³/mol. The van der Waals surface area contributed by atoms with Crippen LogP contribution in [0, 0.1) is 6.92 Å². The van der Waals surface area contributed by atoms with Crippen molar-refractivity contribution in [2.24, 2.45) is 0 Å². The summed E-state index contributed by atoms with van der Waals surface area (Å²) in [6, 6.07) is 7.58. The van der Waals surface area contributed by atoms with Crippen molar-refractivity contribution >= 4 is 16.6 Å². The molecule has 80 valence electrons. The molecule has 3 nitrogen and oxygen atoms in total. The normalized spacial score (nSPS) is 9.73. The molecule has 15 heavy (non-hydrogen) atoms. The topological polar surface area (TPSA) is 48.1 Å². The number of anilines is 1. The third-order valence-corrected chi connectivity index (χ3v) is 2.21. The SMILES string of the molecule is COc1ccc(N)c2ccc(C)nc12.[Cl-]. The van der Waals surface area contributed by atoms with Crippen molar-refractivity contribution in [3.63, 3.8) is 0 Å². The van der Waals surface area contributed by atoms with Crippen molar-refractivity contribution in [3.05, 3.63) is 30.0 Å². The zero-order valence-electron chi connectivity index (χ0n) is 8.62. The molecule has 2 N–H and O–H groups in total. The summed E-state index contributed by atoms with van der Waals surface area (Å²) in [6.45, 7) is 1.95. The summed E-state index contributed by atoms with van der Waals surface area (Å²) in [5, 5.41) is 0.940. The van der Waals surface area contributed by atoms with E-state index in [1.54, 1.807) is 7.11 Å². The number of benzene rings is 1. The maximum atomic E-state index is 5.83. The van der Waals surface area contributed by atoms with Crippen LogP contribution in [0.15, 0.2) is 24.3 Å². The van der Waals surface area contributed by atoms with Crippen molar-refractivity contribution in [3.8, 4) is 5.75 Å². The number of nitrogens with two attached hydrogens (primary N) is 1. The first kappa shape index (κ1) is 11.6. The maximum Gasteiger partial charge on any atom is 0.145 e. The zero-order chi connectivity index (χ0) is 10.1. The van der Waals surface area contributed by atoms with Gasteiger partial charge in [-0.3, -0.25) is 0 Å². The monoisotopic (exact) mass is 223 g/mol. The molecule has 0 atom stereocenters. The Bertz CT molecular complexity index is 485. The zero-order valence-corrected chi connectivity index (χ0v) is 9.38. The van der Waals surface area contributed by atoms with Crippen molar-refractivity contribution in [2.45, 2.75) is 6.92 Å². The number of hydrogen-bond acceptors (Lipinski definition) is 3. The van der Waals surface area contributed by atoms with Gasteiger partial charge in [-0.15, -0.1) is 0 Å². The van der Waals surface area contributed by atoms with Crippen molar-refractivity contribution in [1.29, 1.82) is 0 Å². The lowest BCUT2D eigenvalue weighted by Crippen LogP contribution is -3.00. The van der Waals surface area contributed by atoms with Gasteiger partial charge in [0.15, 0.2) is 0 Å². The standard InChI is InChI=1S/C11H12N2O.ClH/c1-7-3-4-8-9(12)5-6-10(14-2)11(8)13-7;/h3-6H,12H2,1-2H3;1H/p-1. The summed E-state index contributed by atoms with van der Waals surface area (Å²) in [6.07, 6.45) is 0. The van der Waals surface area contributed by atoms with E-state index in [4.69, 9.17) is 10.5 Å². The third kappa shape index (κ3) is 1.97. The number of pyridine rings is 1. The number of methoxy groups -OCH3 is 1. The molecule has 1 aromatic heterocycles. The molecule has 0 aliphatic rings. The molecule has 0 aliphatic heterocycles. The molecule has 0 bridgehead atoms. The largest absolute Gasteiger partial charge is 1.00 e. The molecule has 0 saturated heterocycles. The van der Waals surface area contributed by atoms with Crippen molar-refractivity contribution < 1.29 is 17.1 Å². The van der Waals surface area contributed by atoms with Crippen LogP contribution >= 0.6 is 0 Å². The molecule has 0 spiro atoms. The van der Waals surface area contributed by atoms with Crippen LogP contribution in [0.4, 0.5) is 5.69 Å². The highest BCUT2D eigenvalue weighted by Crippen LogP contribution is 2.28. The number of aromatic nitrogens is 1. The minimum atomic E-state index is 0. The smallest absolute Gasteiger partial charge is 0.145 e. The molecule has 0 aliphatic carbocycles. The van der Waals surface area contributed by atoms with E-state index in [-0.39, 0.29) is 12.4 Å². The van der Waals surface area contributed by atoms with Crippen LogP contribution in [0.25, 0.3) is 10.9 Å². The van der Waals surface area contributed by atoms with Gasteiger partial charge >= 0.3 is 0 Å². The number of rotatable bonds is 1. The van der Waals surface area contributed by atoms with E-state index in [9.17, 15) is 0 Å². The molecule has 0 fully saturated rings. The Morgan fingerprint density at radius 1 is 1.20 bits per heavy atom. The number of halogens is 1. The Hall–Kier alpha value is -1.48. The number of nitrogen functional groups attached to an aromatic ring is 1. The van der Waals surface area contributed by atoms with E-state index in [2.05, 4.69) is 4.98 Å². The van der Waals surface area contributed by atoms with E-state index >= 15 is 0 Å². The second-order valence-electron chi connectivity index (χ2n) is 3.21. The first-order chi connectivity index (χ1) is 6.72. The molecule has 0 unspecified atom stereocenters. The fourth-order valence-electron chi connectivity index (χ4n) is 1.48. The van der Waals surface area contributed by atoms with Gasteiger partial charge in [0.1, 0.15) is 11.3 Å². The van der Waals surface area contributed by atoms with Crippen LogP contribution in [0.1, 0.15) is 5.69 Å². The fourth-order valence-corrected chi connectivity index (χ4v) is 1.48. The van der Waals surface area contributed by atoms with Crippen molar-refractivity contribution in [2.75, 3.05) is 12.8 Å². The van der Waals surface area contributed by atoms with Gasteiger partial charge in [-0.2, -0.15) is 0 Å². The van der Waals surface area contributed by atoms with Gasteiger partial charge < -0.3 is 22.9 Å². The molecule has 1 heterocycles. The van der Waals surface area contributed by atoms with Crippen LogP contribution < -0.4 is 22.9 Å². The van der Waals surface area contributed by atoms with Crippen LogP contribution in [0.3, 0.4) is 0 Å². The Balaban J connectivity index is 0.00000112. The molecular weight excluding hydrogens is 212 g/mol. The first-order valence-corrected chi connectivity index (χ1v) is 4.42. The Labute approximate surface area is 94.7 Å². The van der Waals surface area contributed by atoms with Crippen LogP contribution in [0.2, 0.25) is 0 Å². The summed E-state index contributed by atoms with van der Waals surface area (Å²) in [5.41, 5.74) is 8.35. The molecule has 4 heteroatoms. The van der Waals surface area contributed by atoms with Gasteiger partial charge in [0, 0.05) is 16.8 Å². The summed E-state index contributed by atoms with van der Waals surface area (Å²) >= 11 is 0. The average Bonchev–Trinajstić information content (AvgIpc) is 2.18. The highest BCUT2D eigenvalue weighted by Gasteiger charge is 2.05. The van der Waals surface area contributed by atoms with E-state index in [0.29, 0.717) is 0 Å². The number of ether oxygens (including phenoxy) is 1. The molecule has 0 radical (unpaired) electrons. The summed E-state index contributed by atoms with van der Waals surface area (Å²) < 4.78 is 5.22. The van der Waals surface area contributed by atoms with Gasteiger partial charge in [0.2, 0.25) is 0 Å². The van der Waals surface area contributed by atoms with E-state index in [1.807, 2.05) is 31.2 Å². The predicted octanol–water partition coefficient (Wildman–Crippen LogP) is -0.862. The molecule has 2 aromatic rings. The summed E-state index contributed by atoms with van der Waals surface area (Å²) in [4.78, 5) is 4.40. The Morgan fingerprint density at radius 2 is 1.93 bits per heavy atom. The highest BCUT2D eigenvalue weighted by atomic mass is 35.5. The minimum absolute atomic E-state index is 0. The van der Waals surface area contributed by atoms with Crippen LogP contribution in [-0.4, -0.2) is 12.1 Å². The lowest BCUT2D eigenvalue weighted by atomic mass is 10.1. The van der Waals surface area contributed by atoms with Gasteiger partial charge in [-0.25, -0.2) is 4.98 Å². The van der Waals surface area contributed by atoms with E-state index < -0.39 is 0 Å². The van der Waals surface area contributed by atoms with Gasteiger partial charge in [-0.05, 0) is 31.2 Å².